The third-order valence-electron chi connectivity index (χ3n) is 3.57. The first-order chi connectivity index (χ1) is 10.3. The van der Waals surface area contributed by atoms with E-state index in [0.717, 1.165) is 29.9 Å². The summed E-state index contributed by atoms with van der Waals surface area (Å²) in [5, 5.41) is 0. The van der Waals surface area contributed by atoms with Gasteiger partial charge < -0.3 is 9.64 Å². The summed E-state index contributed by atoms with van der Waals surface area (Å²) in [5.74, 6) is -0.623. The zero-order valence-corrected chi connectivity index (χ0v) is 11.5. The van der Waals surface area contributed by atoms with Gasteiger partial charge in [0.05, 0.1) is 6.54 Å². The SMILES string of the molecule is O=C1CN(C2CC2)C(=O)N1Cc1ccc(OC(F)(F)F)cc1. The molecule has 1 saturated carbocycles. The highest BCUT2D eigenvalue weighted by Crippen LogP contribution is 2.31. The number of halogens is 3. The van der Waals surface area contributed by atoms with Gasteiger partial charge in [0.15, 0.2) is 0 Å². The fourth-order valence-corrected chi connectivity index (χ4v) is 2.37. The van der Waals surface area contributed by atoms with E-state index in [0.29, 0.717) is 5.56 Å². The van der Waals surface area contributed by atoms with Gasteiger partial charge >= 0.3 is 12.4 Å². The van der Waals surface area contributed by atoms with Gasteiger partial charge in [-0.3, -0.25) is 9.69 Å². The Bertz CT molecular complexity index is 596. The van der Waals surface area contributed by atoms with Crippen molar-refractivity contribution in [2.45, 2.75) is 31.8 Å². The van der Waals surface area contributed by atoms with E-state index in [1.807, 2.05) is 0 Å². The topological polar surface area (TPSA) is 49.9 Å². The van der Waals surface area contributed by atoms with E-state index in [-0.39, 0.29) is 36.8 Å². The second kappa shape index (κ2) is 5.19. The van der Waals surface area contributed by atoms with E-state index in [1.54, 1.807) is 4.90 Å². The number of imide groups is 1. The molecule has 118 valence electrons. The fraction of sp³-hybridized carbons (Fsp3) is 0.429. The maximum Gasteiger partial charge on any atom is 0.573 e. The molecule has 0 atom stereocenters. The Morgan fingerprint density at radius 1 is 1.14 bits per heavy atom. The number of urea groups is 1. The number of ether oxygens (including phenoxy) is 1. The van der Waals surface area contributed by atoms with Crippen molar-refractivity contribution in [2.75, 3.05) is 6.54 Å². The monoisotopic (exact) mass is 314 g/mol. The molecule has 1 aromatic carbocycles. The van der Waals surface area contributed by atoms with Gasteiger partial charge in [0.1, 0.15) is 12.3 Å². The molecule has 1 aliphatic carbocycles. The Hall–Kier alpha value is -2.25. The van der Waals surface area contributed by atoms with Gasteiger partial charge in [0, 0.05) is 6.04 Å². The normalized spacial score (nSPS) is 19.0. The highest BCUT2D eigenvalue weighted by Gasteiger charge is 2.43. The standard InChI is InChI=1S/C14H13F3N2O3/c15-14(16,17)22-11-5-1-9(2-6-11)7-19-12(20)8-18(13(19)21)10-3-4-10/h1-2,5-6,10H,3-4,7-8H2. The van der Waals surface area contributed by atoms with Crippen molar-refractivity contribution in [3.8, 4) is 5.75 Å². The number of hydrogen-bond acceptors (Lipinski definition) is 3. The molecule has 1 aromatic rings. The average Bonchev–Trinajstić information content (AvgIpc) is 3.22. The lowest BCUT2D eigenvalue weighted by molar-refractivity contribution is -0.274. The lowest BCUT2D eigenvalue weighted by atomic mass is 10.2. The van der Waals surface area contributed by atoms with Crippen molar-refractivity contribution in [3.63, 3.8) is 0 Å². The van der Waals surface area contributed by atoms with Crippen LogP contribution in [0.3, 0.4) is 0 Å². The first-order valence-corrected chi connectivity index (χ1v) is 6.79. The van der Waals surface area contributed by atoms with E-state index in [9.17, 15) is 22.8 Å². The van der Waals surface area contributed by atoms with Gasteiger partial charge in [-0.1, -0.05) is 12.1 Å². The largest absolute Gasteiger partial charge is 0.573 e. The number of carbonyl (C=O) groups excluding carboxylic acids is 2. The van der Waals surface area contributed by atoms with Crippen LogP contribution in [0.1, 0.15) is 18.4 Å². The van der Waals surface area contributed by atoms with Crippen LogP contribution < -0.4 is 4.74 Å². The van der Waals surface area contributed by atoms with Crippen molar-refractivity contribution in [1.82, 2.24) is 9.80 Å². The number of rotatable bonds is 4. The second-order valence-corrected chi connectivity index (χ2v) is 5.31. The van der Waals surface area contributed by atoms with Crippen molar-refractivity contribution < 1.29 is 27.5 Å². The molecule has 3 amide bonds. The molecule has 22 heavy (non-hydrogen) atoms. The highest BCUT2D eigenvalue weighted by molar-refractivity contribution is 6.02. The molecule has 0 unspecified atom stereocenters. The molecule has 0 aromatic heterocycles. The fourth-order valence-electron chi connectivity index (χ4n) is 2.37. The highest BCUT2D eigenvalue weighted by atomic mass is 19.4. The van der Waals surface area contributed by atoms with E-state index < -0.39 is 6.36 Å². The molecule has 5 nitrogen and oxygen atoms in total. The molecule has 1 heterocycles. The van der Waals surface area contributed by atoms with Crippen LogP contribution in [-0.2, 0) is 11.3 Å². The molecular weight excluding hydrogens is 301 g/mol. The lowest BCUT2D eigenvalue weighted by Gasteiger charge is -2.16. The second-order valence-electron chi connectivity index (χ2n) is 5.31. The van der Waals surface area contributed by atoms with Crippen molar-refractivity contribution >= 4 is 11.9 Å². The summed E-state index contributed by atoms with van der Waals surface area (Å²) in [7, 11) is 0. The summed E-state index contributed by atoms with van der Waals surface area (Å²) in [6.07, 6.45) is -2.92. The first kappa shape index (κ1) is 14.7. The van der Waals surface area contributed by atoms with E-state index in [4.69, 9.17) is 0 Å². The minimum Gasteiger partial charge on any atom is -0.406 e. The van der Waals surface area contributed by atoms with Gasteiger partial charge in [0.25, 0.3) is 5.91 Å². The van der Waals surface area contributed by atoms with E-state index in [1.165, 1.54) is 12.1 Å². The number of hydrogen-bond donors (Lipinski definition) is 0. The number of nitrogens with zero attached hydrogens (tertiary/aromatic N) is 2. The first-order valence-electron chi connectivity index (χ1n) is 6.79. The van der Waals surface area contributed by atoms with Crippen molar-refractivity contribution in [1.29, 1.82) is 0 Å². The molecule has 3 rings (SSSR count). The Labute approximate surface area is 124 Å². The van der Waals surface area contributed by atoms with Crippen molar-refractivity contribution in [2.24, 2.45) is 0 Å². The third-order valence-corrected chi connectivity index (χ3v) is 3.57. The van der Waals surface area contributed by atoms with E-state index >= 15 is 0 Å². The minimum atomic E-state index is -4.74. The molecule has 1 saturated heterocycles. The number of benzene rings is 1. The molecule has 0 radical (unpaired) electrons. The summed E-state index contributed by atoms with van der Waals surface area (Å²) < 4.78 is 40.0. The lowest BCUT2D eigenvalue weighted by Crippen LogP contribution is -2.33. The molecule has 2 aliphatic rings. The zero-order valence-electron chi connectivity index (χ0n) is 11.5. The summed E-state index contributed by atoms with van der Waals surface area (Å²) in [5.41, 5.74) is 0.564. The number of alkyl halides is 3. The summed E-state index contributed by atoms with van der Waals surface area (Å²) >= 11 is 0. The molecule has 1 aliphatic heterocycles. The average molecular weight is 314 g/mol. The van der Waals surface area contributed by atoms with Crippen LogP contribution >= 0.6 is 0 Å². The van der Waals surface area contributed by atoms with Crippen LogP contribution in [0.5, 0.6) is 5.75 Å². The molecule has 0 N–H and O–H groups in total. The summed E-state index contributed by atoms with van der Waals surface area (Å²) in [6, 6.07) is 4.95. The molecule has 0 bridgehead atoms. The maximum absolute atomic E-state index is 12.1. The van der Waals surface area contributed by atoms with Crippen LogP contribution in [0.15, 0.2) is 24.3 Å². The quantitative estimate of drug-likeness (QED) is 0.802. The van der Waals surface area contributed by atoms with Gasteiger partial charge in [-0.2, -0.15) is 0 Å². The zero-order chi connectivity index (χ0) is 15.9. The molecule has 8 heteroatoms. The Kier molecular flexibility index (Phi) is 3.46. The Balaban J connectivity index is 1.65. The van der Waals surface area contributed by atoms with Gasteiger partial charge in [-0.25, -0.2) is 4.79 Å². The number of carbonyl (C=O) groups is 2. The van der Waals surface area contributed by atoms with Crippen molar-refractivity contribution in [3.05, 3.63) is 29.8 Å². The van der Waals surface area contributed by atoms with Gasteiger partial charge in [-0.15, -0.1) is 13.2 Å². The van der Waals surface area contributed by atoms with E-state index in [2.05, 4.69) is 4.74 Å². The van der Waals surface area contributed by atoms with Crippen LogP contribution in [-0.4, -0.2) is 40.7 Å². The van der Waals surface area contributed by atoms with Crippen LogP contribution in [0.4, 0.5) is 18.0 Å². The summed E-state index contributed by atoms with van der Waals surface area (Å²) in [4.78, 5) is 26.7. The number of amides is 3. The van der Waals surface area contributed by atoms with Gasteiger partial charge in [-0.05, 0) is 30.5 Å². The molecule has 0 spiro atoms. The maximum atomic E-state index is 12.1. The Morgan fingerprint density at radius 2 is 1.77 bits per heavy atom. The predicted octanol–water partition coefficient (Wildman–Crippen LogP) is 2.51. The third kappa shape index (κ3) is 3.15. The van der Waals surface area contributed by atoms with Crippen LogP contribution in [0, 0.1) is 0 Å². The molecule has 2 fully saturated rings. The summed E-state index contributed by atoms with van der Waals surface area (Å²) in [6.45, 7) is 0.131. The van der Waals surface area contributed by atoms with Crippen LogP contribution in [0.2, 0.25) is 0 Å². The smallest absolute Gasteiger partial charge is 0.406 e. The van der Waals surface area contributed by atoms with Crippen LogP contribution in [0.25, 0.3) is 0 Å². The molecular formula is C14H13F3N2O3. The van der Waals surface area contributed by atoms with Gasteiger partial charge in [0.2, 0.25) is 0 Å². The minimum absolute atomic E-state index is 0.0488. The predicted molar refractivity (Wildman–Crippen MR) is 68.8 cm³/mol. The Morgan fingerprint density at radius 3 is 2.32 bits per heavy atom.